The van der Waals surface area contributed by atoms with Crippen LogP contribution < -0.4 is 24.5 Å². The highest BCUT2D eigenvalue weighted by Crippen LogP contribution is 2.41. The monoisotopic (exact) mass is 422 g/mol. The molecule has 2 aliphatic rings. The summed E-state index contributed by atoms with van der Waals surface area (Å²) in [5.74, 6) is 2.30. The third-order valence-corrected chi connectivity index (χ3v) is 5.94. The van der Waals surface area contributed by atoms with Crippen LogP contribution in [0, 0.1) is 0 Å². The van der Waals surface area contributed by atoms with Crippen molar-refractivity contribution in [2.24, 2.45) is 0 Å². The van der Waals surface area contributed by atoms with Crippen molar-refractivity contribution in [1.82, 2.24) is 9.88 Å². The summed E-state index contributed by atoms with van der Waals surface area (Å²) in [5.41, 5.74) is 2.74. The lowest BCUT2D eigenvalue weighted by atomic mass is 9.87. The molecule has 160 valence electrons. The number of nitrogens with zero attached hydrogens (tertiary/aromatic N) is 1. The summed E-state index contributed by atoms with van der Waals surface area (Å²) < 4.78 is 21.8. The molecule has 1 amide bonds. The van der Waals surface area contributed by atoms with Crippen molar-refractivity contribution in [3.05, 3.63) is 57.4 Å². The molecule has 31 heavy (non-hydrogen) atoms. The minimum Gasteiger partial charge on any atom is -0.493 e. The van der Waals surface area contributed by atoms with E-state index < -0.39 is 6.04 Å². The van der Waals surface area contributed by atoms with Crippen molar-refractivity contribution in [3.8, 4) is 23.0 Å². The summed E-state index contributed by atoms with van der Waals surface area (Å²) >= 11 is 0. The maximum Gasteiger partial charge on any atom is 0.254 e. The van der Waals surface area contributed by atoms with Crippen LogP contribution >= 0.6 is 0 Å². The zero-order valence-corrected chi connectivity index (χ0v) is 17.5. The van der Waals surface area contributed by atoms with Crippen LogP contribution in [0.3, 0.4) is 0 Å². The number of amides is 1. The van der Waals surface area contributed by atoms with Crippen molar-refractivity contribution in [3.63, 3.8) is 0 Å². The first-order valence-electron chi connectivity index (χ1n) is 9.98. The number of benzene rings is 2. The van der Waals surface area contributed by atoms with Crippen molar-refractivity contribution in [1.29, 1.82) is 0 Å². The average Bonchev–Trinajstić information content (AvgIpc) is 3.22. The Balaban J connectivity index is 1.73. The molecule has 0 aliphatic carbocycles. The third kappa shape index (κ3) is 3.06. The van der Waals surface area contributed by atoms with Gasteiger partial charge in [-0.05, 0) is 41.8 Å². The van der Waals surface area contributed by atoms with E-state index in [1.54, 1.807) is 25.2 Å². The second kappa shape index (κ2) is 7.23. The summed E-state index contributed by atoms with van der Waals surface area (Å²) in [6, 6.07) is 8.66. The Morgan fingerprint density at radius 2 is 1.74 bits per heavy atom. The van der Waals surface area contributed by atoms with Gasteiger partial charge in [-0.25, -0.2) is 0 Å². The quantitative estimate of drug-likeness (QED) is 0.698. The largest absolute Gasteiger partial charge is 0.493 e. The lowest BCUT2D eigenvalue weighted by Crippen LogP contribution is -2.41. The van der Waals surface area contributed by atoms with Crippen LogP contribution in [0.15, 0.2) is 35.1 Å². The van der Waals surface area contributed by atoms with Gasteiger partial charge in [0.05, 0.1) is 25.8 Å². The van der Waals surface area contributed by atoms with Crippen LogP contribution in [0.4, 0.5) is 0 Å². The molecule has 0 fully saturated rings. The van der Waals surface area contributed by atoms with E-state index in [9.17, 15) is 9.59 Å². The third-order valence-electron chi connectivity index (χ3n) is 5.94. The van der Waals surface area contributed by atoms with E-state index in [4.69, 9.17) is 18.9 Å². The second-order valence-electron chi connectivity index (χ2n) is 7.62. The van der Waals surface area contributed by atoms with Crippen LogP contribution in [-0.4, -0.2) is 43.3 Å². The van der Waals surface area contributed by atoms with E-state index in [1.807, 2.05) is 24.3 Å². The van der Waals surface area contributed by atoms with Gasteiger partial charge in [-0.15, -0.1) is 0 Å². The molecule has 1 N–H and O–H groups in total. The Bertz CT molecular complexity index is 1270. The van der Waals surface area contributed by atoms with Gasteiger partial charge < -0.3 is 28.8 Å². The van der Waals surface area contributed by atoms with Crippen LogP contribution in [0.2, 0.25) is 0 Å². The molecule has 0 saturated heterocycles. The maximum absolute atomic E-state index is 13.2. The molecule has 0 radical (unpaired) electrons. The standard InChI is InChI=1S/C23H22N2O6/c1-12(26)25-5-4-13-7-18(28-2)19(29-3)9-15(13)22(25)16-6-14-8-20-21(31-11-30-20)10-17(14)24-23(16)27/h6-10,22H,4-5,11H2,1-3H3,(H,24,27). The smallest absolute Gasteiger partial charge is 0.254 e. The Morgan fingerprint density at radius 3 is 2.45 bits per heavy atom. The van der Waals surface area contributed by atoms with E-state index in [0.29, 0.717) is 47.0 Å². The molecule has 0 spiro atoms. The number of aromatic amines is 1. The highest BCUT2D eigenvalue weighted by atomic mass is 16.7. The van der Waals surface area contributed by atoms with Gasteiger partial charge in [0.15, 0.2) is 23.0 Å². The van der Waals surface area contributed by atoms with Gasteiger partial charge in [-0.1, -0.05) is 0 Å². The number of carbonyl (C=O) groups is 1. The predicted octanol–water partition coefficient (Wildman–Crippen LogP) is 2.77. The summed E-state index contributed by atoms with van der Waals surface area (Å²) in [6.45, 7) is 2.17. The number of carbonyl (C=O) groups excluding carboxylic acids is 1. The summed E-state index contributed by atoms with van der Waals surface area (Å²) in [6.07, 6.45) is 0.663. The normalized spacial score (nSPS) is 16.9. The van der Waals surface area contributed by atoms with Gasteiger partial charge in [0.25, 0.3) is 5.56 Å². The Labute approximate surface area is 178 Å². The number of hydrogen-bond donors (Lipinski definition) is 1. The molecular formula is C23H22N2O6. The predicted molar refractivity (Wildman–Crippen MR) is 113 cm³/mol. The molecule has 8 heteroatoms. The zero-order chi connectivity index (χ0) is 21.7. The summed E-state index contributed by atoms with van der Waals surface area (Å²) in [7, 11) is 3.15. The number of nitrogens with one attached hydrogen (secondary N) is 1. The van der Waals surface area contributed by atoms with Gasteiger partial charge >= 0.3 is 0 Å². The van der Waals surface area contributed by atoms with Crippen molar-refractivity contribution in [2.75, 3.05) is 27.6 Å². The number of aromatic nitrogens is 1. The molecule has 8 nitrogen and oxygen atoms in total. The molecule has 1 atom stereocenters. The van der Waals surface area contributed by atoms with Crippen molar-refractivity contribution >= 4 is 16.8 Å². The van der Waals surface area contributed by atoms with Crippen LogP contribution in [0.1, 0.15) is 29.7 Å². The summed E-state index contributed by atoms with van der Waals surface area (Å²) in [5, 5.41) is 0.801. The fraction of sp³-hybridized carbons (Fsp3) is 0.304. The Kier molecular flexibility index (Phi) is 4.50. The topological polar surface area (TPSA) is 90.1 Å². The summed E-state index contributed by atoms with van der Waals surface area (Å²) in [4.78, 5) is 30.3. The Morgan fingerprint density at radius 1 is 1.03 bits per heavy atom. The van der Waals surface area contributed by atoms with E-state index in [1.165, 1.54) is 6.92 Å². The van der Waals surface area contributed by atoms with E-state index in [-0.39, 0.29) is 18.3 Å². The molecule has 3 aromatic rings. The van der Waals surface area contributed by atoms with E-state index >= 15 is 0 Å². The van der Waals surface area contributed by atoms with Gasteiger partial charge in [-0.2, -0.15) is 0 Å². The minimum absolute atomic E-state index is 0.101. The lowest BCUT2D eigenvalue weighted by Gasteiger charge is -2.37. The van der Waals surface area contributed by atoms with Gasteiger partial charge in [0, 0.05) is 30.5 Å². The number of ether oxygens (including phenoxy) is 4. The fourth-order valence-corrected chi connectivity index (χ4v) is 4.44. The zero-order valence-electron chi connectivity index (χ0n) is 17.5. The van der Waals surface area contributed by atoms with Gasteiger partial charge in [0.1, 0.15) is 0 Å². The van der Waals surface area contributed by atoms with Gasteiger partial charge in [-0.3, -0.25) is 9.59 Å². The highest BCUT2D eigenvalue weighted by molar-refractivity contribution is 5.84. The molecule has 1 unspecified atom stereocenters. The molecule has 1 aromatic heterocycles. The SMILES string of the molecule is COc1cc2c(cc1OC)C(c1cc3cc4c(cc3[nH]c1=O)OCO4)N(C(C)=O)CC2. The van der Waals surface area contributed by atoms with Crippen LogP contribution in [0.25, 0.3) is 10.9 Å². The molecule has 0 bridgehead atoms. The molecular weight excluding hydrogens is 400 g/mol. The molecule has 2 aromatic carbocycles. The van der Waals surface area contributed by atoms with Crippen molar-refractivity contribution in [2.45, 2.75) is 19.4 Å². The molecule has 3 heterocycles. The number of hydrogen-bond acceptors (Lipinski definition) is 6. The first kappa shape index (κ1) is 19.3. The number of fused-ring (bicyclic) bond motifs is 3. The average molecular weight is 422 g/mol. The lowest BCUT2D eigenvalue weighted by molar-refractivity contribution is -0.130. The number of rotatable bonds is 3. The van der Waals surface area contributed by atoms with E-state index in [2.05, 4.69) is 4.98 Å². The number of pyridine rings is 1. The number of H-pyrrole nitrogens is 1. The van der Waals surface area contributed by atoms with Crippen molar-refractivity contribution < 1.29 is 23.7 Å². The molecule has 2 aliphatic heterocycles. The maximum atomic E-state index is 13.2. The van der Waals surface area contributed by atoms with Crippen LogP contribution in [-0.2, 0) is 11.2 Å². The minimum atomic E-state index is -0.542. The Hall–Kier alpha value is -3.68. The first-order valence-corrected chi connectivity index (χ1v) is 9.98. The first-order chi connectivity index (χ1) is 15.0. The highest BCUT2D eigenvalue weighted by Gasteiger charge is 2.34. The molecule has 0 saturated carbocycles. The fourth-order valence-electron chi connectivity index (χ4n) is 4.44. The molecule has 5 rings (SSSR count). The second-order valence-corrected chi connectivity index (χ2v) is 7.62. The number of methoxy groups -OCH3 is 2. The van der Waals surface area contributed by atoms with Gasteiger partial charge in [0.2, 0.25) is 12.7 Å². The van der Waals surface area contributed by atoms with Crippen LogP contribution in [0.5, 0.6) is 23.0 Å². The van der Waals surface area contributed by atoms with E-state index in [0.717, 1.165) is 16.5 Å².